The van der Waals surface area contributed by atoms with Crippen LogP contribution >= 0.6 is 11.8 Å². The predicted octanol–water partition coefficient (Wildman–Crippen LogP) is 1.95. The maximum atomic E-state index is 12.9. The fraction of sp³-hybridized carbons (Fsp3) is 0.500. The Kier molecular flexibility index (Phi) is 7.43. The van der Waals surface area contributed by atoms with Gasteiger partial charge in [-0.05, 0) is 24.3 Å². The molecule has 2 amide bonds. The van der Waals surface area contributed by atoms with Crippen LogP contribution in [0.3, 0.4) is 0 Å². The molecule has 0 aliphatic carbocycles. The number of anilines is 1. The van der Waals surface area contributed by atoms with E-state index in [0.717, 1.165) is 11.0 Å². The van der Waals surface area contributed by atoms with E-state index in [9.17, 15) is 14.0 Å². The largest absolute Gasteiger partial charge is 0.339 e. The maximum Gasteiger partial charge on any atom is 0.238 e. The van der Waals surface area contributed by atoms with Crippen molar-refractivity contribution in [3.8, 4) is 0 Å². The summed E-state index contributed by atoms with van der Waals surface area (Å²) < 4.78 is 14.9. The van der Waals surface area contributed by atoms with Crippen molar-refractivity contribution in [2.45, 2.75) is 24.9 Å². The molecule has 1 aromatic heterocycles. The Morgan fingerprint density at radius 2 is 1.80 bits per heavy atom. The number of halogens is 1. The first kappa shape index (κ1) is 22.2. The SMILES string of the molecule is CC(C)c1nnc(SCC(=O)N2CCN(CC(=O)Nc3ccc(F)cc3)CC2)n1C. The zero-order valence-electron chi connectivity index (χ0n) is 17.5. The predicted molar refractivity (Wildman–Crippen MR) is 114 cm³/mol. The fourth-order valence-corrected chi connectivity index (χ4v) is 4.09. The Morgan fingerprint density at radius 3 is 2.40 bits per heavy atom. The van der Waals surface area contributed by atoms with Crippen LogP contribution in [0.25, 0.3) is 0 Å². The Bertz CT molecular complexity index is 878. The molecule has 0 atom stereocenters. The van der Waals surface area contributed by atoms with Gasteiger partial charge in [0, 0.05) is 44.8 Å². The minimum Gasteiger partial charge on any atom is -0.339 e. The van der Waals surface area contributed by atoms with Gasteiger partial charge in [-0.2, -0.15) is 0 Å². The summed E-state index contributed by atoms with van der Waals surface area (Å²) in [5, 5.41) is 11.8. The molecular weight excluding hydrogens is 407 g/mol. The number of nitrogens with zero attached hydrogens (tertiary/aromatic N) is 5. The number of carbonyl (C=O) groups excluding carboxylic acids is 2. The lowest BCUT2D eigenvalue weighted by atomic mass is 10.2. The standard InChI is InChI=1S/C20H27FN6O2S/c1-14(2)19-23-24-20(25(19)3)30-13-18(29)27-10-8-26(9-11-27)12-17(28)22-16-6-4-15(21)5-7-16/h4-7,14H,8-13H2,1-3H3,(H,22,28). The van der Waals surface area contributed by atoms with E-state index in [1.165, 1.54) is 36.0 Å². The van der Waals surface area contributed by atoms with Gasteiger partial charge in [0.05, 0.1) is 12.3 Å². The van der Waals surface area contributed by atoms with Crippen molar-refractivity contribution in [2.24, 2.45) is 7.05 Å². The van der Waals surface area contributed by atoms with Crippen molar-refractivity contribution < 1.29 is 14.0 Å². The highest BCUT2D eigenvalue weighted by Gasteiger charge is 2.23. The number of rotatable bonds is 7. The molecule has 0 spiro atoms. The van der Waals surface area contributed by atoms with Crippen molar-refractivity contribution in [3.63, 3.8) is 0 Å². The zero-order chi connectivity index (χ0) is 21.7. The fourth-order valence-electron chi connectivity index (χ4n) is 3.26. The molecule has 1 fully saturated rings. The second kappa shape index (κ2) is 10.0. The molecule has 1 aromatic carbocycles. The van der Waals surface area contributed by atoms with Crippen molar-refractivity contribution >= 4 is 29.3 Å². The summed E-state index contributed by atoms with van der Waals surface area (Å²) in [5.41, 5.74) is 0.566. The van der Waals surface area contributed by atoms with Crippen LogP contribution in [-0.2, 0) is 16.6 Å². The first-order chi connectivity index (χ1) is 14.3. The van der Waals surface area contributed by atoms with E-state index in [-0.39, 0.29) is 30.1 Å². The van der Waals surface area contributed by atoms with E-state index in [1.807, 2.05) is 21.4 Å². The maximum absolute atomic E-state index is 12.9. The highest BCUT2D eigenvalue weighted by molar-refractivity contribution is 7.99. The number of nitrogens with one attached hydrogen (secondary N) is 1. The second-order valence-electron chi connectivity index (χ2n) is 7.56. The molecule has 2 heterocycles. The second-order valence-corrected chi connectivity index (χ2v) is 8.50. The van der Waals surface area contributed by atoms with Gasteiger partial charge < -0.3 is 14.8 Å². The normalized spacial score (nSPS) is 14.9. The van der Waals surface area contributed by atoms with E-state index in [1.54, 1.807) is 0 Å². The van der Waals surface area contributed by atoms with Crippen LogP contribution in [0.4, 0.5) is 10.1 Å². The van der Waals surface area contributed by atoms with Gasteiger partial charge >= 0.3 is 0 Å². The average molecular weight is 435 g/mol. The van der Waals surface area contributed by atoms with Gasteiger partial charge in [0.25, 0.3) is 0 Å². The van der Waals surface area contributed by atoms with Gasteiger partial charge in [0.2, 0.25) is 11.8 Å². The van der Waals surface area contributed by atoms with Gasteiger partial charge in [-0.15, -0.1) is 10.2 Å². The first-order valence-electron chi connectivity index (χ1n) is 9.91. The van der Waals surface area contributed by atoms with Crippen molar-refractivity contribution in [1.29, 1.82) is 0 Å². The smallest absolute Gasteiger partial charge is 0.238 e. The molecule has 0 unspecified atom stereocenters. The third-order valence-corrected chi connectivity index (χ3v) is 5.93. The Hall–Kier alpha value is -2.46. The number of hydrogen-bond acceptors (Lipinski definition) is 6. The van der Waals surface area contributed by atoms with Crippen LogP contribution in [0.5, 0.6) is 0 Å². The third kappa shape index (κ3) is 5.79. The summed E-state index contributed by atoms with van der Waals surface area (Å²) in [6.07, 6.45) is 0. The Morgan fingerprint density at radius 1 is 1.13 bits per heavy atom. The first-order valence-corrected chi connectivity index (χ1v) is 10.9. The third-order valence-electron chi connectivity index (χ3n) is 4.93. The van der Waals surface area contributed by atoms with Crippen LogP contribution < -0.4 is 5.32 Å². The van der Waals surface area contributed by atoms with Gasteiger partial charge in [-0.25, -0.2) is 4.39 Å². The molecule has 1 saturated heterocycles. The van der Waals surface area contributed by atoms with E-state index < -0.39 is 0 Å². The molecule has 0 saturated carbocycles. The van der Waals surface area contributed by atoms with E-state index in [4.69, 9.17) is 0 Å². The summed E-state index contributed by atoms with van der Waals surface area (Å²) in [5.74, 6) is 1.06. The molecule has 1 N–H and O–H groups in total. The molecule has 2 aromatic rings. The molecule has 30 heavy (non-hydrogen) atoms. The lowest BCUT2D eigenvalue weighted by Gasteiger charge is -2.34. The summed E-state index contributed by atoms with van der Waals surface area (Å²) in [7, 11) is 1.91. The molecule has 1 aliphatic heterocycles. The van der Waals surface area contributed by atoms with E-state index >= 15 is 0 Å². The lowest BCUT2D eigenvalue weighted by molar-refractivity contribution is -0.130. The Labute approximate surface area is 179 Å². The number of hydrogen-bond donors (Lipinski definition) is 1. The van der Waals surface area contributed by atoms with Gasteiger partial charge in [-0.3, -0.25) is 14.5 Å². The van der Waals surface area contributed by atoms with Crippen LogP contribution in [-0.4, -0.2) is 74.9 Å². The minimum absolute atomic E-state index is 0.0597. The molecule has 1 aliphatic rings. The monoisotopic (exact) mass is 434 g/mol. The number of benzene rings is 1. The highest BCUT2D eigenvalue weighted by Crippen LogP contribution is 2.20. The number of aromatic nitrogens is 3. The van der Waals surface area contributed by atoms with Gasteiger partial charge in [-0.1, -0.05) is 25.6 Å². The van der Waals surface area contributed by atoms with Crippen LogP contribution in [0, 0.1) is 5.82 Å². The van der Waals surface area contributed by atoms with Crippen molar-refractivity contribution in [3.05, 3.63) is 35.9 Å². The molecule has 0 bridgehead atoms. The van der Waals surface area contributed by atoms with E-state index in [0.29, 0.717) is 37.6 Å². The number of amides is 2. The average Bonchev–Trinajstić information content (AvgIpc) is 3.09. The lowest BCUT2D eigenvalue weighted by Crippen LogP contribution is -2.50. The molecule has 10 heteroatoms. The summed E-state index contributed by atoms with van der Waals surface area (Å²) in [4.78, 5) is 28.5. The molecule has 3 rings (SSSR count). The zero-order valence-corrected chi connectivity index (χ0v) is 18.3. The molecule has 162 valence electrons. The van der Waals surface area contributed by atoms with Gasteiger partial charge in [0.15, 0.2) is 5.16 Å². The topological polar surface area (TPSA) is 83.4 Å². The molecular formula is C20H27FN6O2S. The molecule has 0 radical (unpaired) electrons. The number of thioether (sulfide) groups is 1. The number of piperazine rings is 1. The quantitative estimate of drug-likeness (QED) is 0.671. The summed E-state index contributed by atoms with van der Waals surface area (Å²) in [6, 6.07) is 5.68. The van der Waals surface area contributed by atoms with E-state index in [2.05, 4.69) is 29.4 Å². The minimum atomic E-state index is -0.341. The molecule has 8 nitrogen and oxygen atoms in total. The highest BCUT2D eigenvalue weighted by atomic mass is 32.2. The van der Waals surface area contributed by atoms with Gasteiger partial charge in [0.1, 0.15) is 11.6 Å². The number of carbonyl (C=O) groups is 2. The summed E-state index contributed by atoms with van der Waals surface area (Å²) >= 11 is 1.39. The van der Waals surface area contributed by atoms with Crippen LogP contribution in [0.1, 0.15) is 25.6 Å². The summed E-state index contributed by atoms with van der Waals surface area (Å²) in [6.45, 7) is 6.79. The van der Waals surface area contributed by atoms with Crippen molar-refractivity contribution in [2.75, 3.05) is 43.8 Å². The van der Waals surface area contributed by atoms with Crippen LogP contribution in [0.15, 0.2) is 29.4 Å². The van der Waals surface area contributed by atoms with Crippen molar-refractivity contribution in [1.82, 2.24) is 24.6 Å². The van der Waals surface area contributed by atoms with Crippen LogP contribution in [0.2, 0.25) is 0 Å². The Balaban J connectivity index is 1.40.